The Bertz CT molecular complexity index is 309. The SMILES string of the molecule is Cc1cc(N)cc(C=CCC=O)c1. The zero-order valence-electron chi connectivity index (χ0n) is 7.66. The van der Waals surface area contributed by atoms with Gasteiger partial charge < -0.3 is 10.5 Å². The molecule has 1 aromatic rings. The Morgan fingerprint density at radius 1 is 1.38 bits per heavy atom. The lowest BCUT2D eigenvalue weighted by atomic mass is 10.1. The molecule has 2 N–H and O–H groups in total. The smallest absolute Gasteiger partial charge is 0.123 e. The Balaban J connectivity index is 2.82. The zero-order valence-corrected chi connectivity index (χ0v) is 7.66. The molecule has 0 radical (unpaired) electrons. The van der Waals surface area contributed by atoms with E-state index in [4.69, 9.17) is 5.73 Å². The van der Waals surface area contributed by atoms with Crippen molar-refractivity contribution in [1.82, 2.24) is 0 Å². The van der Waals surface area contributed by atoms with Crippen molar-refractivity contribution in [3.63, 3.8) is 0 Å². The average Bonchev–Trinajstić information content (AvgIpc) is 2.03. The fraction of sp³-hybridized carbons (Fsp3) is 0.182. The van der Waals surface area contributed by atoms with Gasteiger partial charge in [0.1, 0.15) is 6.29 Å². The van der Waals surface area contributed by atoms with E-state index in [0.717, 1.165) is 23.1 Å². The second-order valence-electron chi connectivity index (χ2n) is 2.98. The van der Waals surface area contributed by atoms with Gasteiger partial charge in [0, 0.05) is 12.1 Å². The fourth-order valence-corrected chi connectivity index (χ4v) is 1.20. The Morgan fingerprint density at radius 3 is 2.77 bits per heavy atom. The lowest BCUT2D eigenvalue weighted by molar-refractivity contribution is -0.107. The van der Waals surface area contributed by atoms with Crippen molar-refractivity contribution in [2.75, 3.05) is 5.73 Å². The van der Waals surface area contributed by atoms with Gasteiger partial charge in [0.25, 0.3) is 0 Å². The molecule has 0 heterocycles. The molecule has 0 spiro atoms. The van der Waals surface area contributed by atoms with Gasteiger partial charge in [-0.15, -0.1) is 0 Å². The third-order valence-corrected chi connectivity index (χ3v) is 1.66. The van der Waals surface area contributed by atoms with E-state index in [1.807, 2.05) is 37.3 Å². The van der Waals surface area contributed by atoms with Gasteiger partial charge in [0.15, 0.2) is 0 Å². The molecular weight excluding hydrogens is 162 g/mol. The number of aldehydes is 1. The molecule has 0 atom stereocenters. The highest BCUT2D eigenvalue weighted by atomic mass is 16.1. The maximum Gasteiger partial charge on any atom is 0.123 e. The van der Waals surface area contributed by atoms with Crippen molar-refractivity contribution in [2.45, 2.75) is 13.3 Å². The van der Waals surface area contributed by atoms with Crippen LogP contribution in [0.25, 0.3) is 6.08 Å². The Hall–Kier alpha value is -1.57. The number of hydrogen-bond donors (Lipinski definition) is 1. The Labute approximate surface area is 78.1 Å². The van der Waals surface area contributed by atoms with Gasteiger partial charge in [-0.25, -0.2) is 0 Å². The molecule has 2 heteroatoms. The van der Waals surface area contributed by atoms with Crippen molar-refractivity contribution in [2.24, 2.45) is 0 Å². The van der Waals surface area contributed by atoms with Gasteiger partial charge >= 0.3 is 0 Å². The van der Waals surface area contributed by atoms with Gasteiger partial charge in [-0.3, -0.25) is 0 Å². The minimum absolute atomic E-state index is 0.452. The number of anilines is 1. The molecule has 0 unspecified atom stereocenters. The number of rotatable bonds is 3. The molecule has 2 nitrogen and oxygen atoms in total. The first-order valence-electron chi connectivity index (χ1n) is 4.19. The average molecular weight is 175 g/mol. The van der Waals surface area contributed by atoms with Crippen LogP contribution < -0.4 is 5.73 Å². The summed E-state index contributed by atoms with van der Waals surface area (Å²) < 4.78 is 0. The van der Waals surface area contributed by atoms with Crippen LogP contribution in [0, 0.1) is 6.92 Å². The second-order valence-corrected chi connectivity index (χ2v) is 2.98. The zero-order chi connectivity index (χ0) is 9.68. The molecule has 0 amide bonds. The largest absolute Gasteiger partial charge is 0.399 e. The Kier molecular flexibility index (Phi) is 3.26. The minimum atomic E-state index is 0.452. The van der Waals surface area contributed by atoms with Crippen molar-refractivity contribution in [3.05, 3.63) is 35.4 Å². The summed E-state index contributed by atoms with van der Waals surface area (Å²) in [5.41, 5.74) is 8.59. The van der Waals surface area contributed by atoms with Gasteiger partial charge in [0.2, 0.25) is 0 Å². The molecule has 13 heavy (non-hydrogen) atoms. The quantitative estimate of drug-likeness (QED) is 0.565. The second kappa shape index (κ2) is 4.45. The van der Waals surface area contributed by atoms with Crippen LogP contribution in [0.15, 0.2) is 24.3 Å². The van der Waals surface area contributed by atoms with Crippen LogP contribution in [-0.2, 0) is 4.79 Å². The molecule has 68 valence electrons. The molecule has 0 fully saturated rings. The molecule has 0 bridgehead atoms. The fourth-order valence-electron chi connectivity index (χ4n) is 1.20. The number of benzene rings is 1. The van der Waals surface area contributed by atoms with Crippen LogP contribution in [0.3, 0.4) is 0 Å². The van der Waals surface area contributed by atoms with Crippen molar-refractivity contribution in [1.29, 1.82) is 0 Å². The first kappa shape index (κ1) is 9.52. The monoisotopic (exact) mass is 175 g/mol. The number of carbonyl (C=O) groups excluding carboxylic acids is 1. The molecule has 1 aromatic carbocycles. The maximum atomic E-state index is 10.1. The number of nitrogens with two attached hydrogens (primary N) is 1. The summed E-state index contributed by atoms with van der Waals surface area (Å²) in [5, 5.41) is 0. The highest BCUT2D eigenvalue weighted by molar-refractivity contribution is 5.61. The predicted octanol–water partition coefficient (Wildman–Crippen LogP) is 2.18. The van der Waals surface area contributed by atoms with Gasteiger partial charge in [-0.05, 0) is 30.2 Å². The topological polar surface area (TPSA) is 43.1 Å². The van der Waals surface area contributed by atoms with Crippen LogP contribution in [0.1, 0.15) is 17.5 Å². The van der Waals surface area contributed by atoms with Gasteiger partial charge in [0.05, 0.1) is 0 Å². The van der Waals surface area contributed by atoms with Gasteiger partial charge in [-0.2, -0.15) is 0 Å². The third kappa shape index (κ3) is 3.11. The minimum Gasteiger partial charge on any atom is -0.399 e. The highest BCUT2D eigenvalue weighted by Gasteiger charge is 1.91. The number of aryl methyl sites for hydroxylation is 1. The summed E-state index contributed by atoms with van der Waals surface area (Å²) in [6.07, 6.45) is 5.04. The molecule has 0 aliphatic carbocycles. The summed E-state index contributed by atoms with van der Waals surface area (Å²) in [4.78, 5) is 10.1. The number of nitrogen functional groups attached to an aromatic ring is 1. The van der Waals surface area contributed by atoms with Crippen LogP contribution >= 0.6 is 0 Å². The third-order valence-electron chi connectivity index (χ3n) is 1.66. The van der Waals surface area contributed by atoms with E-state index in [1.165, 1.54) is 0 Å². The molecule has 0 saturated carbocycles. The molecule has 0 saturated heterocycles. The highest BCUT2D eigenvalue weighted by Crippen LogP contribution is 2.12. The van der Waals surface area contributed by atoms with Crippen LogP contribution in [0.2, 0.25) is 0 Å². The van der Waals surface area contributed by atoms with Crippen molar-refractivity contribution in [3.8, 4) is 0 Å². The summed E-state index contributed by atoms with van der Waals surface area (Å²) >= 11 is 0. The van der Waals surface area contributed by atoms with Crippen molar-refractivity contribution >= 4 is 18.0 Å². The lowest BCUT2D eigenvalue weighted by Crippen LogP contribution is -1.86. The molecule has 0 aliphatic rings. The van der Waals surface area contributed by atoms with E-state index in [9.17, 15) is 4.79 Å². The van der Waals surface area contributed by atoms with E-state index >= 15 is 0 Å². The molecular formula is C11H13NO. The lowest BCUT2D eigenvalue weighted by Gasteiger charge is -1.99. The van der Waals surface area contributed by atoms with Crippen LogP contribution in [0.4, 0.5) is 5.69 Å². The van der Waals surface area contributed by atoms with E-state index in [2.05, 4.69) is 0 Å². The predicted molar refractivity (Wildman–Crippen MR) is 55.3 cm³/mol. The van der Waals surface area contributed by atoms with E-state index in [0.29, 0.717) is 6.42 Å². The number of carbonyl (C=O) groups is 1. The van der Waals surface area contributed by atoms with Crippen LogP contribution in [-0.4, -0.2) is 6.29 Å². The summed E-state index contributed by atoms with van der Waals surface area (Å²) in [7, 11) is 0. The maximum absolute atomic E-state index is 10.1. The normalized spacial score (nSPS) is 10.5. The van der Waals surface area contributed by atoms with E-state index in [-0.39, 0.29) is 0 Å². The van der Waals surface area contributed by atoms with Gasteiger partial charge in [-0.1, -0.05) is 18.2 Å². The van der Waals surface area contributed by atoms with Crippen LogP contribution in [0.5, 0.6) is 0 Å². The van der Waals surface area contributed by atoms with E-state index in [1.54, 1.807) is 0 Å². The number of hydrogen-bond acceptors (Lipinski definition) is 2. The molecule has 0 aliphatic heterocycles. The summed E-state index contributed by atoms with van der Waals surface area (Å²) in [6, 6.07) is 5.82. The first-order chi connectivity index (χ1) is 6.22. The Morgan fingerprint density at radius 2 is 2.15 bits per heavy atom. The summed E-state index contributed by atoms with van der Waals surface area (Å²) in [5.74, 6) is 0. The molecule has 0 aromatic heterocycles. The number of allylic oxidation sites excluding steroid dienone is 1. The van der Waals surface area contributed by atoms with Crippen molar-refractivity contribution < 1.29 is 4.79 Å². The standard InChI is InChI=1S/C11H13NO/c1-9-6-10(4-2-3-5-13)8-11(12)7-9/h2,4-8H,3,12H2,1H3. The molecule has 1 rings (SSSR count). The summed E-state index contributed by atoms with van der Waals surface area (Å²) in [6.45, 7) is 1.99. The first-order valence-corrected chi connectivity index (χ1v) is 4.19. The van der Waals surface area contributed by atoms with E-state index < -0.39 is 0 Å².